The van der Waals surface area contributed by atoms with E-state index in [-0.39, 0.29) is 0 Å². The molecule has 0 heteroatoms. The van der Waals surface area contributed by atoms with E-state index in [0.29, 0.717) is 5.92 Å². The molecule has 0 bridgehead atoms. The van der Waals surface area contributed by atoms with Gasteiger partial charge in [-0.25, -0.2) is 0 Å². The number of hydrogen-bond acceptors (Lipinski definition) is 0. The Balaban J connectivity index is 5.08. The molecule has 0 spiro atoms. The molecule has 0 amide bonds. The molecule has 0 N–H and O–H groups in total. The molecule has 1 atom stereocenters. The minimum Gasteiger partial charge on any atom is -0.103 e. The van der Waals surface area contributed by atoms with E-state index in [2.05, 4.69) is 45.7 Å². The van der Waals surface area contributed by atoms with Crippen LogP contribution in [0.1, 0.15) is 46.5 Å². The van der Waals surface area contributed by atoms with Gasteiger partial charge >= 0.3 is 0 Å². The highest BCUT2D eigenvalue weighted by Crippen LogP contribution is 2.26. The minimum atomic E-state index is 0.583. The minimum absolute atomic E-state index is 0.583. The summed E-state index contributed by atoms with van der Waals surface area (Å²) in [5.41, 5.74) is 3.65. The smallest absolute Gasteiger partial charge is 0.0159 e. The molecule has 0 aliphatic heterocycles. The molecular weight excluding hydrogens is 216 g/mol. The van der Waals surface area contributed by atoms with E-state index >= 15 is 0 Å². The molecule has 0 aliphatic rings. The predicted molar refractivity (Wildman–Crippen MR) is 84.7 cm³/mol. The van der Waals surface area contributed by atoms with Gasteiger partial charge in [0.15, 0.2) is 0 Å². The molecule has 0 aliphatic carbocycles. The summed E-state index contributed by atoms with van der Waals surface area (Å²) >= 11 is 0. The molecule has 0 aromatic carbocycles. The van der Waals surface area contributed by atoms with Crippen LogP contribution in [0.4, 0.5) is 0 Å². The zero-order chi connectivity index (χ0) is 14.0. The first-order valence-electron chi connectivity index (χ1n) is 6.87. The molecule has 18 heavy (non-hydrogen) atoms. The van der Waals surface area contributed by atoms with Crippen LogP contribution in [0.3, 0.4) is 0 Å². The van der Waals surface area contributed by atoms with Crippen LogP contribution in [0.15, 0.2) is 60.8 Å². The Hall–Kier alpha value is -1.30. The molecule has 0 fully saturated rings. The second-order valence-electron chi connectivity index (χ2n) is 4.72. The first-order valence-corrected chi connectivity index (χ1v) is 6.87. The summed E-state index contributed by atoms with van der Waals surface area (Å²) in [6.07, 6.45) is 13.0. The van der Waals surface area contributed by atoms with Gasteiger partial charge in [-0.2, -0.15) is 0 Å². The van der Waals surface area contributed by atoms with Crippen LogP contribution in [0, 0.1) is 5.92 Å². The molecule has 0 radical (unpaired) electrons. The van der Waals surface area contributed by atoms with Gasteiger partial charge in [0.2, 0.25) is 0 Å². The van der Waals surface area contributed by atoms with Crippen LogP contribution < -0.4 is 0 Å². The lowest BCUT2D eigenvalue weighted by atomic mass is 9.88. The highest BCUT2D eigenvalue weighted by Gasteiger charge is 2.11. The van der Waals surface area contributed by atoms with E-state index < -0.39 is 0 Å². The van der Waals surface area contributed by atoms with Crippen LogP contribution in [-0.4, -0.2) is 0 Å². The first kappa shape index (κ1) is 16.7. The average molecular weight is 244 g/mol. The Morgan fingerprint density at radius 3 is 2.28 bits per heavy atom. The Labute approximate surface area is 113 Å². The standard InChI is InChI=1S/C18H28/c1-7-11-13-18(12-8-2)17(10-4)14-16(9-3)15(5)6/h7,9-10,14,18H,1,4-5,8,11-13H2,2-3,6H3/b16-9+,17-14+. The maximum atomic E-state index is 4.02. The number of rotatable bonds is 9. The molecule has 100 valence electrons. The predicted octanol–water partition coefficient (Wildman–Crippen LogP) is 6.00. The highest BCUT2D eigenvalue weighted by atomic mass is 14.2. The topological polar surface area (TPSA) is 0 Å². The fourth-order valence-corrected chi connectivity index (χ4v) is 2.12. The van der Waals surface area contributed by atoms with Crippen molar-refractivity contribution < 1.29 is 0 Å². The zero-order valence-electron chi connectivity index (χ0n) is 12.3. The molecule has 1 unspecified atom stereocenters. The van der Waals surface area contributed by atoms with E-state index in [9.17, 15) is 0 Å². The van der Waals surface area contributed by atoms with Crippen molar-refractivity contribution in [2.75, 3.05) is 0 Å². The lowest BCUT2D eigenvalue weighted by Gasteiger charge is -2.17. The zero-order valence-corrected chi connectivity index (χ0v) is 12.3. The molecule has 0 rings (SSSR count). The summed E-state index contributed by atoms with van der Waals surface area (Å²) in [6.45, 7) is 18.1. The van der Waals surface area contributed by atoms with Crippen molar-refractivity contribution in [3.8, 4) is 0 Å². The number of allylic oxidation sites excluding steroid dienone is 7. The summed E-state index contributed by atoms with van der Waals surface area (Å²) in [4.78, 5) is 0. The van der Waals surface area contributed by atoms with Crippen LogP contribution >= 0.6 is 0 Å². The third kappa shape index (κ3) is 5.86. The second-order valence-corrected chi connectivity index (χ2v) is 4.72. The molecule has 0 nitrogen and oxygen atoms in total. The summed E-state index contributed by atoms with van der Waals surface area (Å²) < 4.78 is 0. The largest absolute Gasteiger partial charge is 0.103 e. The third-order valence-electron chi connectivity index (χ3n) is 3.19. The van der Waals surface area contributed by atoms with Gasteiger partial charge in [-0.15, -0.1) is 6.58 Å². The van der Waals surface area contributed by atoms with Crippen LogP contribution in [-0.2, 0) is 0 Å². The Bertz CT molecular complexity index is 339. The van der Waals surface area contributed by atoms with Crippen molar-refractivity contribution in [2.24, 2.45) is 5.92 Å². The maximum absolute atomic E-state index is 4.02. The van der Waals surface area contributed by atoms with E-state index in [1.807, 2.05) is 19.1 Å². The van der Waals surface area contributed by atoms with Gasteiger partial charge in [0.1, 0.15) is 0 Å². The Morgan fingerprint density at radius 2 is 1.89 bits per heavy atom. The van der Waals surface area contributed by atoms with Gasteiger partial charge in [-0.1, -0.05) is 56.4 Å². The highest BCUT2D eigenvalue weighted by molar-refractivity contribution is 5.41. The molecule has 0 saturated heterocycles. The third-order valence-corrected chi connectivity index (χ3v) is 3.19. The van der Waals surface area contributed by atoms with Gasteiger partial charge < -0.3 is 0 Å². The SMILES string of the molecule is C=CCCC(CCC)/C(C=C)=C/C(=C\C)C(=C)C. The van der Waals surface area contributed by atoms with Crippen LogP contribution in [0.5, 0.6) is 0 Å². The fourth-order valence-electron chi connectivity index (χ4n) is 2.12. The van der Waals surface area contributed by atoms with Crippen molar-refractivity contribution in [1.82, 2.24) is 0 Å². The van der Waals surface area contributed by atoms with E-state index in [4.69, 9.17) is 0 Å². The summed E-state index contributed by atoms with van der Waals surface area (Å²) in [5.74, 6) is 0.583. The van der Waals surface area contributed by atoms with Crippen LogP contribution in [0.25, 0.3) is 0 Å². The summed E-state index contributed by atoms with van der Waals surface area (Å²) in [7, 11) is 0. The molecule has 0 heterocycles. The van der Waals surface area contributed by atoms with E-state index in [1.54, 1.807) is 0 Å². The van der Waals surface area contributed by atoms with Crippen molar-refractivity contribution in [3.63, 3.8) is 0 Å². The van der Waals surface area contributed by atoms with Crippen molar-refractivity contribution in [1.29, 1.82) is 0 Å². The second kappa shape index (κ2) is 9.70. The Morgan fingerprint density at radius 1 is 1.22 bits per heavy atom. The fraction of sp³-hybridized carbons (Fsp3) is 0.444. The molecular formula is C18H28. The van der Waals surface area contributed by atoms with Gasteiger partial charge in [-0.3, -0.25) is 0 Å². The average Bonchev–Trinajstić information content (AvgIpc) is 2.36. The lowest BCUT2D eigenvalue weighted by molar-refractivity contribution is 0.524. The van der Waals surface area contributed by atoms with Crippen LogP contribution in [0.2, 0.25) is 0 Å². The van der Waals surface area contributed by atoms with E-state index in [1.165, 1.54) is 24.0 Å². The maximum Gasteiger partial charge on any atom is -0.0159 e. The number of hydrogen-bond donors (Lipinski definition) is 0. The van der Waals surface area contributed by atoms with Crippen molar-refractivity contribution in [3.05, 3.63) is 60.8 Å². The monoisotopic (exact) mass is 244 g/mol. The normalized spacial score (nSPS) is 14.2. The van der Waals surface area contributed by atoms with Gasteiger partial charge in [0.05, 0.1) is 0 Å². The molecule has 0 aromatic heterocycles. The summed E-state index contributed by atoms with van der Waals surface area (Å²) in [6, 6.07) is 0. The van der Waals surface area contributed by atoms with Gasteiger partial charge in [0, 0.05) is 0 Å². The summed E-state index contributed by atoms with van der Waals surface area (Å²) in [5, 5.41) is 0. The van der Waals surface area contributed by atoms with Gasteiger partial charge in [0.25, 0.3) is 0 Å². The molecule has 0 aromatic rings. The van der Waals surface area contributed by atoms with Gasteiger partial charge in [-0.05, 0) is 50.2 Å². The van der Waals surface area contributed by atoms with Crippen molar-refractivity contribution >= 4 is 0 Å². The first-order chi connectivity index (χ1) is 8.60. The Kier molecular flexibility index (Phi) is 9.00. The van der Waals surface area contributed by atoms with E-state index in [0.717, 1.165) is 18.4 Å². The quantitative estimate of drug-likeness (QED) is 0.344. The van der Waals surface area contributed by atoms with Crippen molar-refractivity contribution in [2.45, 2.75) is 46.5 Å². The lowest BCUT2D eigenvalue weighted by Crippen LogP contribution is -2.03. The molecule has 0 saturated carbocycles.